The number of carbonyl (C=O) groups is 1. The molecule has 2 unspecified atom stereocenters. The van der Waals surface area contributed by atoms with Crippen molar-refractivity contribution in [3.63, 3.8) is 0 Å². The number of rotatable bonds is 3. The number of halogens is 2. The summed E-state index contributed by atoms with van der Waals surface area (Å²) in [5.74, 6) is -2.91. The fourth-order valence-corrected chi connectivity index (χ4v) is 3.15. The Kier molecular flexibility index (Phi) is 5.57. The zero-order valence-electron chi connectivity index (χ0n) is 16.7. The highest BCUT2D eigenvalue weighted by atomic mass is 19.3. The van der Waals surface area contributed by atoms with E-state index in [1.54, 1.807) is 26.8 Å². The first-order chi connectivity index (χ1) is 13.5. The maximum atomic E-state index is 14.8. The zero-order chi connectivity index (χ0) is 21.4. The molecule has 160 valence electrons. The van der Waals surface area contributed by atoms with Crippen molar-refractivity contribution in [3.8, 4) is 11.5 Å². The number of hydrogen-bond acceptors (Lipinski definition) is 7. The lowest BCUT2D eigenvalue weighted by Crippen LogP contribution is -2.56. The first kappa shape index (κ1) is 21.1. The van der Waals surface area contributed by atoms with E-state index in [0.717, 1.165) is 4.90 Å². The van der Waals surface area contributed by atoms with Crippen LogP contribution < -0.4 is 14.8 Å². The molecule has 2 atom stereocenters. The second-order valence-corrected chi connectivity index (χ2v) is 7.94. The highest BCUT2D eigenvalue weighted by Gasteiger charge is 2.48. The number of amides is 1. The summed E-state index contributed by atoms with van der Waals surface area (Å²) in [4.78, 5) is 17.2. The normalized spacial score (nSPS) is 23.1. The van der Waals surface area contributed by atoms with Crippen molar-refractivity contribution in [1.82, 2.24) is 10.2 Å². The standard InChI is InChI=1S/C19H25F2N3O5/c1-18(2,3)29-17(26)24-6-5-14(19(20,21)9-24)28-13-8-11(27-4)7-12-15(13)16(25)23-10-22-12/h7-8,10,14,16,25H,5-6,9H2,1-4H3,(H,22,23). The minimum atomic E-state index is -3.32. The van der Waals surface area contributed by atoms with Gasteiger partial charge < -0.3 is 29.5 Å². The van der Waals surface area contributed by atoms with Crippen molar-refractivity contribution in [2.45, 2.75) is 51.0 Å². The SMILES string of the molecule is COc1cc2c(c(OC3CCN(C(=O)OC(C)(C)C)CC3(F)F)c1)C(O)NC=N2. The van der Waals surface area contributed by atoms with Crippen LogP contribution in [0.25, 0.3) is 0 Å². The number of aliphatic imine (C=N–C) groups is 1. The second kappa shape index (κ2) is 7.66. The average Bonchev–Trinajstić information content (AvgIpc) is 2.61. The van der Waals surface area contributed by atoms with Gasteiger partial charge in [0.05, 0.1) is 31.2 Å². The molecule has 0 spiro atoms. The fraction of sp³-hybridized carbons (Fsp3) is 0.579. The van der Waals surface area contributed by atoms with E-state index >= 15 is 0 Å². The molecule has 0 aromatic heterocycles. The van der Waals surface area contributed by atoms with E-state index in [-0.39, 0.29) is 24.3 Å². The molecule has 1 fully saturated rings. The molecule has 1 amide bonds. The fourth-order valence-electron chi connectivity index (χ4n) is 3.15. The van der Waals surface area contributed by atoms with Crippen molar-refractivity contribution in [3.05, 3.63) is 17.7 Å². The molecule has 0 aliphatic carbocycles. The van der Waals surface area contributed by atoms with E-state index in [1.165, 1.54) is 19.5 Å². The molecule has 1 saturated heterocycles. The number of carbonyl (C=O) groups excluding carboxylic acids is 1. The molecule has 10 heteroatoms. The van der Waals surface area contributed by atoms with Crippen molar-refractivity contribution in [1.29, 1.82) is 0 Å². The predicted molar refractivity (Wildman–Crippen MR) is 101 cm³/mol. The molecule has 2 heterocycles. The Morgan fingerprint density at radius 3 is 2.72 bits per heavy atom. The Labute approximate surface area is 167 Å². The van der Waals surface area contributed by atoms with Gasteiger partial charge in [0.15, 0.2) is 12.3 Å². The Bertz CT molecular complexity index is 810. The minimum Gasteiger partial charge on any atom is -0.497 e. The Morgan fingerprint density at radius 1 is 1.38 bits per heavy atom. The van der Waals surface area contributed by atoms with Crippen molar-refractivity contribution in [2.24, 2.45) is 4.99 Å². The maximum absolute atomic E-state index is 14.8. The van der Waals surface area contributed by atoms with Crippen molar-refractivity contribution < 1.29 is 32.9 Å². The number of aliphatic hydroxyl groups is 1. The summed E-state index contributed by atoms with van der Waals surface area (Å²) in [6.45, 7) is 4.25. The third-order valence-electron chi connectivity index (χ3n) is 4.49. The number of piperidine rings is 1. The number of hydrogen-bond donors (Lipinski definition) is 2. The van der Waals surface area contributed by atoms with Gasteiger partial charge in [-0.3, -0.25) is 0 Å². The number of nitrogens with one attached hydrogen (secondary N) is 1. The molecule has 0 bridgehead atoms. The van der Waals surface area contributed by atoms with Gasteiger partial charge in [0.1, 0.15) is 17.1 Å². The maximum Gasteiger partial charge on any atom is 0.410 e. The number of fused-ring (bicyclic) bond motifs is 1. The molecule has 2 aliphatic rings. The summed E-state index contributed by atoms with van der Waals surface area (Å²) in [6, 6.07) is 3.01. The van der Waals surface area contributed by atoms with Gasteiger partial charge in [0.25, 0.3) is 0 Å². The quantitative estimate of drug-likeness (QED) is 0.792. The summed E-state index contributed by atoms with van der Waals surface area (Å²) in [7, 11) is 1.43. The monoisotopic (exact) mass is 413 g/mol. The topological polar surface area (TPSA) is 92.6 Å². The highest BCUT2D eigenvalue weighted by molar-refractivity contribution is 5.71. The van der Waals surface area contributed by atoms with E-state index in [2.05, 4.69) is 10.3 Å². The van der Waals surface area contributed by atoms with Crippen LogP contribution in [0.1, 0.15) is 39.0 Å². The Balaban J connectivity index is 1.80. The van der Waals surface area contributed by atoms with Gasteiger partial charge in [0.2, 0.25) is 0 Å². The van der Waals surface area contributed by atoms with Crippen LogP contribution in [-0.2, 0) is 4.74 Å². The van der Waals surface area contributed by atoms with Gasteiger partial charge in [-0.2, -0.15) is 0 Å². The van der Waals surface area contributed by atoms with E-state index in [1.807, 2.05) is 0 Å². The molecule has 0 radical (unpaired) electrons. The van der Waals surface area contributed by atoms with Gasteiger partial charge in [-0.1, -0.05) is 0 Å². The molecule has 29 heavy (non-hydrogen) atoms. The third kappa shape index (κ3) is 4.69. The van der Waals surface area contributed by atoms with Crippen LogP contribution in [-0.4, -0.2) is 60.3 Å². The summed E-state index contributed by atoms with van der Waals surface area (Å²) in [5, 5.41) is 12.8. The van der Waals surface area contributed by atoms with Crippen LogP contribution >= 0.6 is 0 Å². The number of alkyl halides is 2. The first-order valence-electron chi connectivity index (χ1n) is 9.21. The summed E-state index contributed by atoms with van der Waals surface area (Å²) < 4.78 is 45.6. The van der Waals surface area contributed by atoms with E-state index in [4.69, 9.17) is 14.2 Å². The molecular formula is C19H25F2N3O5. The molecular weight excluding hydrogens is 388 g/mol. The van der Waals surface area contributed by atoms with Crippen molar-refractivity contribution in [2.75, 3.05) is 20.2 Å². The van der Waals surface area contributed by atoms with E-state index < -0.39 is 36.5 Å². The molecule has 1 aromatic rings. The Morgan fingerprint density at radius 2 is 2.10 bits per heavy atom. The predicted octanol–water partition coefficient (Wildman–Crippen LogP) is 2.97. The van der Waals surface area contributed by atoms with Gasteiger partial charge in [-0.15, -0.1) is 0 Å². The number of aliphatic hydroxyl groups excluding tert-OH is 1. The van der Waals surface area contributed by atoms with Crippen molar-refractivity contribution >= 4 is 18.1 Å². The first-order valence-corrected chi connectivity index (χ1v) is 9.21. The number of likely N-dealkylation sites (tertiary alicyclic amines) is 1. The number of benzene rings is 1. The van der Waals surface area contributed by atoms with Gasteiger partial charge in [-0.05, 0) is 20.8 Å². The summed E-state index contributed by atoms with van der Waals surface area (Å²) >= 11 is 0. The molecule has 3 rings (SSSR count). The van der Waals surface area contributed by atoms with Crippen LogP contribution in [0.3, 0.4) is 0 Å². The minimum absolute atomic E-state index is 0.0478. The van der Waals surface area contributed by atoms with Gasteiger partial charge in [-0.25, -0.2) is 18.6 Å². The lowest BCUT2D eigenvalue weighted by molar-refractivity contribution is -0.137. The largest absolute Gasteiger partial charge is 0.497 e. The van der Waals surface area contributed by atoms with Gasteiger partial charge in [0, 0.05) is 25.1 Å². The molecule has 2 N–H and O–H groups in total. The van der Waals surface area contributed by atoms with E-state index in [9.17, 15) is 18.7 Å². The Hall–Kier alpha value is -2.62. The van der Waals surface area contributed by atoms with Crippen LogP contribution in [0.4, 0.5) is 19.3 Å². The second-order valence-electron chi connectivity index (χ2n) is 7.94. The summed E-state index contributed by atoms with van der Waals surface area (Å²) in [6.07, 6.45) is -2.23. The zero-order valence-corrected chi connectivity index (χ0v) is 16.7. The van der Waals surface area contributed by atoms with Crippen LogP contribution in [0.15, 0.2) is 17.1 Å². The highest BCUT2D eigenvalue weighted by Crippen LogP contribution is 2.41. The molecule has 2 aliphatic heterocycles. The average molecular weight is 413 g/mol. The van der Waals surface area contributed by atoms with Crippen LogP contribution in [0.5, 0.6) is 11.5 Å². The van der Waals surface area contributed by atoms with E-state index in [0.29, 0.717) is 11.4 Å². The smallest absolute Gasteiger partial charge is 0.410 e. The van der Waals surface area contributed by atoms with Crippen LogP contribution in [0, 0.1) is 0 Å². The number of methoxy groups -OCH3 is 1. The van der Waals surface area contributed by atoms with Gasteiger partial charge >= 0.3 is 12.0 Å². The number of ether oxygens (including phenoxy) is 3. The summed E-state index contributed by atoms with van der Waals surface area (Å²) in [5.41, 5.74) is -0.165. The molecule has 1 aromatic carbocycles. The van der Waals surface area contributed by atoms with Crippen LogP contribution in [0.2, 0.25) is 0 Å². The third-order valence-corrected chi connectivity index (χ3v) is 4.49. The lowest BCUT2D eigenvalue weighted by atomic mass is 10.0. The lowest BCUT2D eigenvalue weighted by Gasteiger charge is -2.39. The number of nitrogens with zero attached hydrogens (tertiary/aromatic N) is 2. The molecule has 0 saturated carbocycles. The molecule has 8 nitrogen and oxygen atoms in total.